The number of hydrogen-bond acceptors (Lipinski definition) is 5. The van der Waals surface area contributed by atoms with Crippen LogP contribution in [0.2, 0.25) is 0 Å². The van der Waals surface area contributed by atoms with Crippen LogP contribution >= 0.6 is 0 Å². The minimum atomic E-state index is 0.128. The summed E-state index contributed by atoms with van der Waals surface area (Å²) >= 11 is 0. The highest BCUT2D eigenvalue weighted by atomic mass is 16.5. The predicted octanol–water partition coefficient (Wildman–Crippen LogP) is 2.97. The normalized spacial score (nSPS) is 13.1. The lowest BCUT2D eigenvalue weighted by atomic mass is 9.87. The number of ether oxygens (including phenoxy) is 2. The van der Waals surface area contributed by atoms with Gasteiger partial charge in [-0.1, -0.05) is 27.7 Å². The molecular formula is C15H27N3O2. The summed E-state index contributed by atoms with van der Waals surface area (Å²) in [6.07, 6.45) is 3.68. The summed E-state index contributed by atoms with van der Waals surface area (Å²) < 4.78 is 10.5. The van der Waals surface area contributed by atoms with E-state index in [2.05, 4.69) is 43.0 Å². The van der Waals surface area contributed by atoms with Gasteiger partial charge in [-0.15, -0.1) is 0 Å². The van der Waals surface area contributed by atoms with Crippen molar-refractivity contribution in [2.75, 3.05) is 20.8 Å². The second-order valence-electron chi connectivity index (χ2n) is 6.08. The second-order valence-corrected chi connectivity index (χ2v) is 6.08. The van der Waals surface area contributed by atoms with Crippen LogP contribution in [0.1, 0.15) is 52.3 Å². The highest BCUT2D eigenvalue weighted by Crippen LogP contribution is 2.32. The van der Waals surface area contributed by atoms with Crippen LogP contribution in [0.4, 0.5) is 0 Å². The lowest BCUT2D eigenvalue weighted by molar-refractivity contribution is 0.294. The quantitative estimate of drug-likeness (QED) is 0.832. The minimum absolute atomic E-state index is 0.128. The third-order valence-corrected chi connectivity index (χ3v) is 2.93. The molecule has 1 aromatic rings. The smallest absolute Gasteiger partial charge is 0.240 e. The van der Waals surface area contributed by atoms with Gasteiger partial charge < -0.3 is 14.8 Å². The molecule has 0 saturated heterocycles. The van der Waals surface area contributed by atoms with Gasteiger partial charge in [-0.3, -0.25) is 0 Å². The summed E-state index contributed by atoms with van der Waals surface area (Å²) in [7, 11) is 3.19. The van der Waals surface area contributed by atoms with E-state index in [1.807, 2.05) is 0 Å². The molecule has 1 rings (SSSR count). The van der Waals surface area contributed by atoms with Crippen LogP contribution in [-0.4, -0.2) is 30.7 Å². The molecule has 1 atom stereocenters. The Hall–Kier alpha value is -1.36. The van der Waals surface area contributed by atoms with E-state index in [1.54, 1.807) is 20.4 Å². The number of hydrogen-bond donors (Lipinski definition) is 1. The van der Waals surface area contributed by atoms with Crippen molar-refractivity contribution in [1.29, 1.82) is 0 Å². The van der Waals surface area contributed by atoms with E-state index >= 15 is 0 Å². The molecule has 1 unspecified atom stereocenters. The van der Waals surface area contributed by atoms with Crippen LogP contribution in [0.25, 0.3) is 0 Å². The average molecular weight is 281 g/mol. The maximum atomic E-state index is 5.37. The van der Waals surface area contributed by atoms with Crippen LogP contribution < -0.4 is 14.8 Å². The van der Waals surface area contributed by atoms with Crippen LogP contribution in [0, 0.1) is 5.41 Å². The minimum Gasteiger partial charge on any atom is -0.480 e. The van der Waals surface area contributed by atoms with Gasteiger partial charge in [-0.2, -0.15) is 4.98 Å². The fourth-order valence-electron chi connectivity index (χ4n) is 2.05. The summed E-state index contributed by atoms with van der Waals surface area (Å²) in [5.74, 6) is 0.998. The summed E-state index contributed by atoms with van der Waals surface area (Å²) in [5, 5.41) is 3.53. The molecule has 1 aromatic heterocycles. The van der Waals surface area contributed by atoms with Crippen LogP contribution in [0.15, 0.2) is 6.20 Å². The molecular weight excluding hydrogens is 254 g/mol. The number of nitrogens with zero attached hydrogens (tertiary/aromatic N) is 2. The zero-order valence-corrected chi connectivity index (χ0v) is 13.5. The first-order valence-electron chi connectivity index (χ1n) is 7.09. The fourth-order valence-corrected chi connectivity index (χ4v) is 2.05. The second kappa shape index (κ2) is 7.43. The standard InChI is InChI=1S/C15H27N3O2/c1-7-8-16-11(9-15(2,3)4)13-14(20-6)18-12(19-5)10-17-13/h10-11,16H,7-9H2,1-6H3. The predicted molar refractivity (Wildman–Crippen MR) is 80.2 cm³/mol. The van der Waals surface area contributed by atoms with Gasteiger partial charge in [0.05, 0.1) is 26.5 Å². The maximum Gasteiger partial charge on any atom is 0.240 e. The Morgan fingerprint density at radius 1 is 1.25 bits per heavy atom. The zero-order chi connectivity index (χ0) is 15.2. The third-order valence-electron chi connectivity index (χ3n) is 2.93. The van der Waals surface area contributed by atoms with Crippen molar-refractivity contribution in [2.24, 2.45) is 5.41 Å². The van der Waals surface area contributed by atoms with Gasteiger partial charge in [0, 0.05) is 0 Å². The molecule has 20 heavy (non-hydrogen) atoms. The molecule has 1 heterocycles. The van der Waals surface area contributed by atoms with Gasteiger partial charge in [-0.25, -0.2) is 4.98 Å². The van der Waals surface area contributed by atoms with E-state index in [9.17, 15) is 0 Å². The van der Waals surface area contributed by atoms with Gasteiger partial charge in [-0.05, 0) is 24.8 Å². The molecule has 0 aliphatic carbocycles. The van der Waals surface area contributed by atoms with Gasteiger partial charge in [0.2, 0.25) is 11.8 Å². The fraction of sp³-hybridized carbons (Fsp3) is 0.733. The Kier molecular flexibility index (Phi) is 6.20. The van der Waals surface area contributed by atoms with Crippen LogP contribution in [0.3, 0.4) is 0 Å². The number of rotatable bonds is 7. The molecule has 5 nitrogen and oxygen atoms in total. The van der Waals surface area contributed by atoms with Crippen molar-refractivity contribution in [3.05, 3.63) is 11.9 Å². The van der Waals surface area contributed by atoms with E-state index in [0.717, 1.165) is 25.1 Å². The molecule has 114 valence electrons. The largest absolute Gasteiger partial charge is 0.480 e. The van der Waals surface area contributed by atoms with Crippen molar-refractivity contribution in [3.8, 4) is 11.8 Å². The van der Waals surface area contributed by atoms with E-state index in [1.165, 1.54) is 0 Å². The van der Waals surface area contributed by atoms with E-state index < -0.39 is 0 Å². The first-order chi connectivity index (χ1) is 9.41. The molecule has 1 N–H and O–H groups in total. The molecule has 0 amide bonds. The van der Waals surface area contributed by atoms with Crippen LogP contribution in [-0.2, 0) is 0 Å². The van der Waals surface area contributed by atoms with Gasteiger partial charge in [0.15, 0.2) is 0 Å². The van der Waals surface area contributed by atoms with Crippen LogP contribution in [0.5, 0.6) is 11.8 Å². The first kappa shape index (κ1) is 16.7. The number of nitrogens with one attached hydrogen (secondary N) is 1. The van der Waals surface area contributed by atoms with Gasteiger partial charge >= 0.3 is 0 Å². The Morgan fingerprint density at radius 3 is 2.45 bits per heavy atom. The molecule has 0 saturated carbocycles. The first-order valence-corrected chi connectivity index (χ1v) is 7.09. The highest BCUT2D eigenvalue weighted by Gasteiger charge is 2.24. The van der Waals surface area contributed by atoms with Crippen molar-refractivity contribution < 1.29 is 9.47 Å². The Labute approximate surface area is 122 Å². The lowest BCUT2D eigenvalue weighted by Crippen LogP contribution is -2.28. The SMILES string of the molecule is CCCNC(CC(C)(C)C)c1ncc(OC)nc1OC. The maximum absolute atomic E-state index is 5.37. The van der Waals surface area contributed by atoms with Crippen molar-refractivity contribution in [2.45, 2.75) is 46.6 Å². The summed E-state index contributed by atoms with van der Waals surface area (Å²) in [4.78, 5) is 8.80. The van der Waals surface area contributed by atoms with Gasteiger partial charge in [0.1, 0.15) is 5.69 Å². The monoisotopic (exact) mass is 281 g/mol. The van der Waals surface area contributed by atoms with Gasteiger partial charge in [0.25, 0.3) is 0 Å². The zero-order valence-electron chi connectivity index (χ0n) is 13.5. The van der Waals surface area contributed by atoms with Crippen molar-refractivity contribution in [3.63, 3.8) is 0 Å². The van der Waals surface area contributed by atoms with Crippen molar-refractivity contribution in [1.82, 2.24) is 15.3 Å². The molecule has 0 aliphatic rings. The molecule has 0 aliphatic heterocycles. The average Bonchev–Trinajstić information content (AvgIpc) is 2.41. The third kappa shape index (κ3) is 4.96. The molecule has 0 bridgehead atoms. The molecule has 0 spiro atoms. The molecule has 5 heteroatoms. The molecule has 0 radical (unpaired) electrons. The summed E-state index contributed by atoms with van der Waals surface area (Å²) in [6.45, 7) is 9.75. The van der Waals surface area contributed by atoms with E-state index in [0.29, 0.717) is 11.8 Å². The number of aromatic nitrogens is 2. The summed E-state index contributed by atoms with van der Waals surface area (Å²) in [6, 6.07) is 0.128. The highest BCUT2D eigenvalue weighted by molar-refractivity contribution is 5.26. The Bertz CT molecular complexity index is 416. The number of methoxy groups -OCH3 is 2. The summed E-state index contributed by atoms with van der Waals surface area (Å²) in [5.41, 5.74) is 1.04. The Balaban J connectivity index is 3.05. The van der Waals surface area contributed by atoms with E-state index in [-0.39, 0.29) is 11.5 Å². The topological polar surface area (TPSA) is 56.3 Å². The molecule has 0 fully saturated rings. The molecule has 0 aromatic carbocycles. The Morgan fingerprint density at radius 2 is 1.95 bits per heavy atom. The van der Waals surface area contributed by atoms with Crippen molar-refractivity contribution >= 4 is 0 Å². The van der Waals surface area contributed by atoms with E-state index in [4.69, 9.17) is 9.47 Å². The lowest BCUT2D eigenvalue weighted by Gasteiger charge is -2.27.